The third kappa shape index (κ3) is 10.4. The smallest absolute Gasteiger partial charge is 0.335 e. The third-order valence-electron chi connectivity index (χ3n) is 7.49. The Morgan fingerprint density at radius 1 is 0.786 bits per heavy atom. The first kappa shape index (κ1) is 33.0. The Labute approximate surface area is 251 Å². The molecule has 0 radical (unpaired) electrons. The van der Waals surface area contributed by atoms with Crippen molar-refractivity contribution in [3.63, 3.8) is 0 Å². The number of hydrogen-bond donors (Lipinski definition) is 2. The van der Waals surface area contributed by atoms with Gasteiger partial charge in [0.25, 0.3) is 0 Å². The molecular weight excluding hydrogens is 526 g/mol. The Morgan fingerprint density at radius 2 is 1.38 bits per heavy atom. The SMILES string of the molecule is CC(C)(C)c1cc(CO[C@@H](CN(CCCCC(=O)O)Cc2ccc(C(=O)O)cc2)c2ccccc2)cc(C(C)(C)C)c1. The van der Waals surface area contributed by atoms with E-state index >= 15 is 0 Å². The first-order valence-corrected chi connectivity index (χ1v) is 14.8. The summed E-state index contributed by atoms with van der Waals surface area (Å²) in [6, 6.07) is 24.0. The maximum absolute atomic E-state index is 11.3. The minimum atomic E-state index is -0.949. The monoisotopic (exact) mass is 573 g/mol. The number of benzene rings is 3. The van der Waals surface area contributed by atoms with Crippen LogP contribution in [0.4, 0.5) is 0 Å². The van der Waals surface area contributed by atoms with Gasteiger partial charge in [-0.25, -0.2) is 4.79 Å². The van der Waals surface area contributed by atoms with Crippen LogP contribution in [0.1, 0.15) is 105 Å². The summed E-state index contributed by atoms with van der Waals surface area (Å²) in [5.74, 6) is -1.74. The number of rotatable bonds is 14. The number of ether oxygens (including phenoxy) is 1. The highest BCUT2D eigenvalue weighted by molar-refractivity contribution is 5.87. The summed E-state index contributed by atoms with van der Waals surface area (Å²) in [5, 5.41) is 18.4. The molecule has 0 aliphatic rings. The zero-order valence-electron chi connectivity index (χ0n) is 26.0. The first-order valence-electron chi connectivity index (χ1n) is 14.8. The average Bonchev–Trinajstić information content (AvgIpc) is 2.92. The minimum absolute atomic E-state index is 0.0117. The van der Waals surface area contributed by atoms with Crippen molar-refractivity contribution in [2.24, 2.45) is 0 Å². The second-order valence-electron chi connectivity index (χ2n) is 13.2. The van der Waals surface area contributed by atoms with Gasteiger partial charge in [-0.3, -0.25) is 9.69 Å². The Kier molecular flexibility index (Phi) is 11.5. The number of carboxylic acids is 2. The van der Waals surface area contributed by atoms with Gasteiger partial charge in [0.05, 0.1) is 18.3 Å². The number of aliphatic carboxylic acids is 1. The highest BCUT2D eigenvalue weighted by Crippen LogP contribution is 2.31. The van der Waals surface area contributed by atoms with Gasteiger partial charge in [0.2, 0.25) is 0 Å². The van der Waals surface area contributed by atoms with Crippen LogP contribution in [0.2, 0.25) is 0 Å². The zero-order chi connectivity index (χ0) is 30.9. The number of carbonyl (C=O) groups is 2. The lowest BCUT2D eigenvalue weighted by Gasteiger charge is -2.29. The van der Waals surface area contributed by atoms with E-state index in [0.717, 1.165) is 23.1 Å². The molecule has 0 heterocycles. The molecule has 2 N–H and O–H groups in total. The molecule has 0 saturated carbocycles. The van der Waals surface area contributed by atoms with Crippen LogP contribution < -0.4 is 0 Å². The molecule has 0 aliphatic heterocycles. The van der Waals surface area contributed by atoms with Crippen LogP contribution in [0.5, 0.6) is 0 Å². The van der Waals surface area contributed by atoms with Gasteiger partial charge in [0.15, 0.2) is 0 Å². The lowest BCUT2D eigenvalue weighted by Crippen LogP contribution is -2.30. The Bertz CT molecular complexity index is 1270. The van der Waals surface area contributed by atoms with Crippen LogP contribution in [0.15, 0.2) is 72.8 Å². The van der Waals surface area contributed by atoms with E-state index in [9.17, 15) is 14.7 Å². The van der Waals surface area contributed by atoms with Crippen molar-refractivity contribution in [3.05, 3.63) is 106 Å². The van der Waals surface area contributed by atoms with Gasteiger partial charge < -0.3 is 14.9 Å². The molecule has 0 bridgehead atoms. The lowest BCUT2D eigenvalue weighted by atomic mass is 9.79. The Balaban J connectivity index is 1.87. The quantitative estimate of drug-likeness (QED) is 0.190. The summed E-state index contributed by atoms with van der Waals surface area (Å²) in [4.78, 5) is 24.7. The molecule has 0 fully saturated rings. The van der Waals surface area contributed by atoms with Crippen molar-refractivity contribution in [2.75, 3.05) is 13.1 Å². The standard InChI is InChI=1S/C36H47NO5/c1-35(2,3)30-20-27(21-31(22-30)36(4,5)6)25-42-32(28-12-8-7-9-13-28)24-37(19-11-10-14-33(38)39)23-26-15-17-29(18-16-26)34(40)41/h7-9,12-13,15-18,20-22,32H,10-11,14,19,23-25H2,1-6H3,(H,38,39)(H,40,41)/t32-/m0/s1. The fourth-order valence-electron chi connectivity index (χ4n) is 4.85. The molecular formula is C36H47NO5. The van der Waals surface area contributed by atoms with Crippen LogP contribution in [0.3, 0.4) is 0 Å². The van der Waals surface area contributed by atoms with E-state index in [1.807, 2.05) is 30.3 Å². The fraction of sp³-hybridized carbons (Fsp3) is 0.444. The predicted molar refractivity (Wildman–Crippen MR) is 168 cm³/mol. The van der Waals surface area contributed by atoms with Gasteiger partial charge in [-0.05, 0) is 70.2 Å². The van der Waals surface area contributed by atoms with Crippen molar-refractivity contribution < 1.29 is 24.5 Å². The van der Waals surface area contributed by atoms with E-state index in [1.54, 1.807) is 12.1 Å². The van der Waals surface area contributed by atoms with Crippen LogP contribution in [-0.2, 0) is 33.5 Å². The lowest BCUT2D eigenvalue weighted by molar-refractivity contribution is -0.137. The molecule has 6 heteroatoms. The summed E-state index contributed by atoms with van der Waals surface area (Å²) >= 11 is 0. The molecule has 6 nitrogen and oxygen atoms in total. The van der Waals surface area contributed by atoms with Gasteiger partial charge in [0, 0.05) is 19.5 Å². The summed E-state index contributed by atoms with van der Waals surface area (Å²) in [5.41, 5.74) is 6.07. The number of nitrogens with zero attached hydrogens (tertiary/aromatic N) is 1. The van der Waals surface area contributed by atoms with Gasteiger partial charge >= 0.3 is 11.9 Å². The fourth-order valence-corrected chi connectivity index (χ4v) is 4.85. The van der Waals surface area contributed by atoms with Crippen molar-refractivity contribution in [1.82, 2.24) is 4.90 Å². The number of aromatic carboxylic acids is 1. The first-order chi connectivity index (χ1) is 19.7. The summed E-state index contributed by atoms with van der Waals surface area (Å²) in [7, 11) is 0. The van der Waals surface area contributed by atoms with Crippen molar-refractivity contribution in [1.29, 1.82) is 0 Å². The van der Waals surface area contributed by atoms with Crippen molar-refractivity contribution >= 4 is 11.9 Å². The van der Waals surface area contributed by atoms with Gasteiger partial charge in [-0.15, -0.1) is 0 Å². The molecule has 0 unspecified atom stereocenters. The third-order valence-corrected chi connectivity index (χ3v) is 7.49. The minimum Gasteiger partial charge on any atom is -0.481 e. The molecule has 0 aromatic heterocycles. The molecule has 3 aromatic carbocycles. The zero-order valence-corrected chi connectivity index (χ0v) is 26.0. The van der Waals surface area contributed by atoms with Gasteiger partial charge in [-0.1, -0.05) is 102 Å². The molecule has 226 valence electrons. The summed E-state index contributed by atoms with van der Waals surface area (Å²) in [6.07, 6.45) is 1.26. The Morgan fingerprint density at radius 3 is 1.90 bits per heavy atom. The number of unbranched alkanes of at least 4 members (excludes halogenated alkanes) is 1. The molecule has 0 spiro atoms. The summed E-state index contributed by atoms with van der Waals surface area (Å²) < 4.78 is 6.70. The Hall–Kier alpha value is -3.48. The largest absolute Gasteiger partial charge is 0.481 e. The van der Waals surface area contributed by atoms with E-state index in [4.69, 9.17) is 9.84 Å². The molecule has 3 rings (SSSR count). The molecule has 3 aromatic rings. The maximum atomic E-state index is 11.3. The van der Waals surface area contributed by atoms with E-state index in [1.165, 1.54) is 11.1 Å². The average molecular weight is 574 g/mol. The van der Waals surface area contributed by atoms with E-state index in [-0.39, 0.29) is 28.9 Å². The maximum Gasteiger partial charge on any atom is 0.335 e. The topological polar surface area (TPSA) is 87.1 Å². The molecule has 0 aliphatic carbocycles. The highest BCUT2D eigenvalue weighted by Gasteiger charge is 2.22. The molecule has 0 saturated heterocycles. The molecule has 0 amide bonds. The second-order valence-corrected chi connectivity index (χ2v) is 13.2. The van der Waals surface area contributed by atoms with Crippen molar-refractivity contribution in [2.45, 2.75) is 90.9 Å². The molecule has 1 atom stereocenters. The highest BCUT2D eigenvalue weighted by atomic mass is 16.5. The van der Waals surface area contributed by atoms with E-state index in [0.29, 0.717) is 32.7 Å². The number of carboxylic acid groups (broad SMARTS) is 2. The van der Waals surface area contributed by atoms with Crippen LogP contribution in [-0.4, -0.2) is 40.1 Å². The van der Waals surface area contributed by atoms with Crippen LogP contribution in [0.25, 0.3) is 0 Å². The number of hydrogen-bond acceptors (Lipinski definition) is 4. The predicted octanol–water partition coefficient (Wildman–Crippen LogP) is 7.99. The van der Waals surface area contributed by atoms with Crippen LogP contribution in [0, 0.1) is 0 Å². The van der Waals surface area contributed by atoms with Gasteiger partial charge in [-0.2, -0.15) is 0 Å². The normalized spacial score (nSPS) is 12.8. The van der Waals surface area contributed by atoms with Crippen LogP contribution >= 0.6 is 0 Å². The molecule has 42 heavy (non-hydrogen) atoms. The summed E-state index contributed by atoms with van der Waals surface area (Å²) in [6.45, 7) is 15.8. The van der Waals surface area contributed by atoms with E-state index in [2.05, 4.69) is 76.8 Å². The van der Waals surface area contributed by atoms with Gasteiger partial charge in [0.1, 0.15) is 0 Å². The van der Waals surface area contributed by atoms with Crippen molar-refractivity contribution in [3.8, 4) is 0 Å². The van der Waals surface area contributed by atoms with E-state index < -0.39 is 11.9 Å². The second kappa shape index (κ2) is 14.6.